The number of hydrogen-bond donors (Lipinski definition) is 2. The lowest BCUT2D eigenvalue weighted by Crippen LogP contribution is -2.28. The van der Waals surface area contributed by atoms with Gasteiger partial charge in [-0.3, -0.25) is 0 Å². The van der Waals surface area contributed by atoms with Crippen molar-refractivity contribution in [2.45, 2.75) is 53.9 Å². The highest BCUT2D eigenvalue weighted by molar-refractivity contribution is 5.86. The first-order chi connectivity index (χ1) is 16.6. The summed E-state index contributed by atoms with van der Waals surface area (Å²) in [6, 6.07) is 24.1. The zero-order valence-electron chi connectivity index (χ0n) is 21.8. The Hall–Kier alpha value is -3.52. The van der Waals surface area contributed by atoms with Crippen molar-refractivity contribution in [1.82, 2.24) is 0 Å². The molecule has 0 saturated heterocycles. The number of allylic oxidation sites excluding steroid dienone is 5. The van der Waals surface area contributed by atoms with Gasteiger partial charge in [-0.1, -0.05) is 121 Å². The molecule has 0 saturated carbocycles. The van der Waals surface area contributed by atoms with Crippen molar-refractivity contribution in [3.8, 4) is 16.9 Å². The molecule has 2 heteroatoms. The molecule has 0 atom stereocenters. The molecule has 0 fully saturated rings. The van der Waals surface area contributed by atoms with E-state index in [2.05, 4.69) is 43.0 Å². The molecule has 0 amide bonds. The molecule has 0 aromatic heterocycles. The van der Waals surface area contributed by atoms with Crippen molar-refractivity contribution in [2.75, 3.05) is 0 Å². The van der Waals surface area contributed by atoms with Crippen LogP contribution in [0.25, 0.3) is 11.1 Å². The van der Waals surface area contributed by atoms with Gasteiger partial charge in [0.05, 0.1) is 11.2 Å². The van der Waals surface area contributed by atoms with Gasteiger partial charge in [0.2, 0.25) is 0 Å². The third kappa shape index (κ3) is 5.34. The molecule has 3 aromatic rings. The third-order valence-corrected chi connectivity index (χ3v) is 5.41. The molecule has 3 aromatic carbocycles. The predicted octanol–water partition coefficient (Wildman–Crippen LogP) is 9.36. The summed E-state index contributed by atoms with van der Waals surface area (Å²) in [5, 5.41) is 19.6. The number of rotatable bonds is 4. The molecule has 0 bridgehead atoms. The van der Waals surface area contributed by atoms with Gasteiger partial charge in [0.1, 0.15) is 5.75 Å². The standard InChI is InChI=1S/C26H22O2.3C2H6/c1-3-19(13-12-18(2)27)26(20-14-16-21(28)17-15-20)24-10-6-4-8-22(24)23-9-5-7-11-25(23)26;3*1-2/h3-17,27-28H,1H2,2H3;3*1-2H3/b18-12+,19-13+;;;. The van der Waals surface area contributed by atoms with E-state index < -0.39 is 5.41 Å². The van der Waals surface area contributed by atoms with E-state index in [9.17, 15) is 10.2 Å². The molecule has 1 aliphatic rings. The maximum absolute atomic E-state index is 9.87. The summed E-state index contributed by atoms with van der Waals surface area (Å²) >= 11 is 0. The van der Waals surface area contributed by atoms with E-state index in [-0.39, 0.29) is 11.5 Å². The highest BCUT2D eigenvalue weighted by atomic mass is 16.3. The zero-order chi connectivity index (χ0) is 25.7. The van der Waals surface area contributed by atoms with Crippen LogP contribution in [0.4, 0.5) is 0 Å². The van der Waals surface area contributed by atoms with Crippen LogP contribution >= 0.6 is 0 Å². The Balaban J connectivity index is 0.000000894. The largest absolute Gasteiger partial charge is 0.513 e. The second-order valence-corrected chi connectivity index (χ2v) is 7.02. The first kappa shape index (κ1) is 28.5. The van der Waals surface area contributed by atoms with Crippen molar-refractivity contribution < 1.29 is 10.2 Å². The first-order valence-electron chi connectivity index (χ1n) is 12.3. The monoisotopic (exact) mass is 456 g/mol. The van der Waals surface area contributed by atoms with Gasteiger partial charge in [-0.05, 0) is 58.5 Å². The summed E-state index contributed by atoms with van der Waals surface area (Å²) in [5.74, 6) is 0.466. The highest BCUT2D eigenvalue weighted by Crippen LogP contribution is 2.56. The van der Waals surface area contributed by atoms with Gasteiger partial charge >= 0.3 is 0 Å². The molecule has 2 N–H and O–H groups in total. The molecule has 0 heterocycles. The van der Waals surface area contributed by atoms with Gasteiger partial charge in [0, 0.05) is 0 Å². The number of phenolic OH excluding ortho intramolecular Hbond substituents is 1. The van der Waals surface area contributed by atoms with Crippen molar-refractivity contribution in [2.24, 2.45) is 0 Å². The van der Waals surface area contributed by atoms with Crippen LogP contribution in [0.3, 0.4) is 0 Å². The second kappa shape index (κ2) is 13.9. The molecule has 0 unspecified atom stereocenters. The molecule has 2 nitrogen and oxygen atoms in total. The summed E-state index contributed by atoms with van der Waals surface area (Å²) in [4.78, 5) is 0. The number of hydrogen-bond acceptors (Lipinski definition) is 2. The van der Waals surface area contributed by atoms with Crippen LogP contribution in [0.5, 0.6) is 5.75 Å². The Morgan fingerprint density at radius 2 is 1.15 bits per heavy atom. The van der Waals surface area contributed by atoms with Crippen LogP contribution in [0.2, 0.25) is 0 Å². The Labute approximate surface area is 206 Å². The minimum Gasteiger partial charge on any atom is -0.513 e. The number of benzene rings is 3. The summed E-state index contributed by atoms with van der Waals surface area (Å²) < 4.78 is 0. The molecule has 0 spiro atoms. The number of aromatic hydroxyl groups is 1. The van der Waals surface area contributed by atoms with Crippen LogP contribution in [-0.2, 0) is 5.41 Å². The smallest absolute Gasteiger partial charge is 0.115 e. The van der Waals surface area contributed by atoms with Crippen LogP contribution in [0.15, 0.2) is 109 Å². The molecule has 0 radical (unpaired) electrons. The zero-order valence-corrected chi connectivity index (χ0v) is 21.8. The number of aliphatic hydroxyl groups excluding tert-OH is 1. The molecular formula is C32H40O2. The number of fused-ring (bicyclic) bond motifs is 3. The van der Waals surface area contributed by atoms with Crippen LogP contribution < -0.4 is 0 Å². The van der Waals surface area contributed by atoms with Crippen LogP contribution in [0, 0.1) is 0 Å². The predicted molar refractivity (Wildman–Crippen MR) is 149 cm³/mol. The Bertz CT molecular complexity index is 1050. The van der Waals surface area contributed by atoms with Gasteiger partial charge in [0.15, 0.2) is 0 Å². The van der Waals surface area contributed by atoms with Crippen LogP contribution in [0.1, 0.15) is 65.2 Å². The van der Waals surface area contributed by atoms with Gasteiger partial charge in [-0.2, -0.15) is 0 Å². The topological polar surface area (TPSA) is 40.5 Å². The fraction of sp³-hybridized carbons (Fsp3) is 0.250. The van der Waals surface area contributed by atoms with E-state index >= 15 is 0 Å². The molecular weight excluding hydrogens is 416 g/mol. The highest BCUT2D eigenvalue weighted by Gasteiger charge is 2.46. The minimum atomic E-state index is -0.575. The van der Waals surface area contributed by atoms with E-state index in [0.29, 0.717) is 0 Å². The minimum absolute atomic E-state index is 0.230. The van der Waals surface area contributed by atoms with E-state index in [1.54, 1.807) is 25.1 Å². The van der Waals surface area contributed by atoms with Crippen molar-refractivity contribution in [3.63, 3.8) is 0 Å². The van der Waals surface area contributed by atoms with E-state index in [0.717, 1.165) is 22.3 Å². The van der Waals surface area contributed by atoms with Crippen LogP contribution in [-0.4, -0.2) is 10.2 Å². The molecule has 180 valence electrons. The molecule has 1 aliphatic carbocycles. The summed E-state index contributed by atoms with van der Waals surface area (Å²) in [5.41, 5.74) is 6.12. The maximum atomic E-state index is 9.87. The Morgan fingerprint density at radius 1 is 0.706 bits per heavy atom. The fourth-order valence-electron chi connectivity index (χ4n) is 4.29. The second-order valence-electron chi connectivity index (χ2n) is 7.02. The quantitative estimate of drug-likeness (QED) is 0.303. The average molecular weight is 457 g/mol. The van der Waals surface area contributed by atoms with E-state index in [4.69, 9.17) is 0 Å². The Kier molecular flexibility index (Phi) is 11.7. The van der Waals surface area contributed by atoms with Gasteiger partial charge < -0.3 is 10.2 Å². The number of phenols is 1. The van der Waals surface area contributed by atoms with Crippen molar-refractivity contribution in [1.29, 1.82) is 0 Å². The van der Waals surface area contributed by atoms with Gasteiger partial charge in [-0.15, -0.1) is 0 Å². The number of aliphatic hydroxyl groups is 1. The van der Waals surface area contributed by atoms with Gasteiger partial charge in [0.25, 0.3) is 0 Å². The SMILES string of the molecule is C=C/C(=C\C=C(/C)O)C1(c2ccc(O)cc2)c2ccccc2-c2ccccc21.CC.CC.CC. The third-order valence-electron chi connectivity index (χ3n) is 5.41. The normalized spacial score (nSPS) is 12.9. The first-order valence-corrected chi connectivity index (χ1v) is 12.3. The Morgan fingerprint density at radius 3 is 1.56 bits per heavy atom. The van der Waals surface area contributed by atoms with E-state index in [1.165, 1.54) is 11.1 Å². The lowest BCUT2D eigenvalue weighted by molar-refractivity contribution is 0.414. The summed E-state index contributed by atoms with van der Waals surface area (Å²) in [6.45, 7) is 17.7. The molecule has 4 rings (SSSR count). The molecule has 0 aliphatic heterocycles. The lowest BCUT2D eigenvalue weighted by Gasteiger charge is -2.34. The molecule has 34 heavy (non-hydrogen) atoms. The summed E-state index contributed by atoms with van der Waals surface area (Å²) in [7, 11) is 0. The van der Waals surface area contributed by atoms with Crippen molar-refractivity contribution in [3.05, 3.63) is 126 Å². The average Bonchev–Trinajstić information content (AvgIpc) is 3.20. The van der Waals surface area contributed by atoms with Gasteiger partial charge in [-0.25, -0.2) is 0 Å². The summed E-state index contributed by atoms with van der Waals surface area (Å²) in [6.07, 6.45) is 5.47. The fourth-order valence-corrected chi connectivity index (χ4v) is 4.29. The van der Waals surface area contributed by atoms with E-state index in [1.807, 2.05) is 78.0 Å². The maximum Gasteiger partial charge on any atom is 0.115 e. The van der Waals surface area contributed by atoms with Crippen molar-refractivity contribution >= 4 is 0 Å². The lowest BCUT2D eigenvalue weighted by atomic mass is 9.67.